The maximum Gasteiger partial charge on any atom is 0.401 e. The quantitative estimate of drug-likeness (QED) is 0.137. The number of para-hydroxylation sites is 1. The van der Waals surface area contributed by atoms with E-state index >= 15 is 0 Å². The molecule has 1 fully saturated rings. The molecule has 0 bridgehead atoms. The topological polar surface area (TPSA) is 140 Å². The second-order valence-electron chi connectivity index (χ2n) is 14.8. The summed E-state index contributed by atoms with van der Waals surface area (Å²) in [6, 6.07) is 22.4. The number of fused-ring (bicyclic) bond motifs is 1. The van der Waals surface area contributed by atoms with Crippen molar-refractivity contribution >= 4 is 11.7 Å². The molecule has 2 aromatic carbocycles. The smallest absolute Gasteiger partial charge is 0.401 e. The number of rotatable bonds is 15. The Labute approximate surface area is 318 Å². The van der Waals surface area contributed by atoms with Crippen LogP contribution in [-0.4, -0.2) is 107 Å². The number of benzene rings is 2. The maximum atomic E-state index is 14.0. The van der Waals surface area contributed by atoms with Crippen LogP contribution in [0.25, 0.3) is 11.3 Å². The zero-order chi connectivity index (χ0) is 39.2. The monoisotopic (exact) mass is 763 g/mol. The molecule has 1 saturated heterocycles. The predicted octanol–water partition coefficient (Wildman–Crippen LogP) is 4.50. The van der Waals surface area contributed by atoms with Crippen molar-refractivity contribution in [2.24, 2.45) is 5.92 Å². The van der Waals surface area contributed by atoms with Gasteiger partial charge in [-0.05, 0) is 62.6 Å². The van der Waals surface area contributed by atoms with Gasteiger partial charge in [-0.15, -0.1) is 0 Å². The van der Waals surface area contributed by atoms with Crippen LogP contribution in [0.15, 0.2) is 95.7 Å². The molecule has 1 amide bonds. The summed E-state index contributed by atoms with van der Waals surface area (Å²) in [6.45, 7) is 3.12. The van der Waals surface area contributed by atoms with Gasteiger partial charge in [0, 0.05) is 55.6 Å². The summed E-state index contributed by atoms with van der Waals surface area (Å²) >= 11 is 0. The number of ketones is 1. The lowest BCUT2D eigenvalue weighted by Crippen LogP contribution is -2.62. The number of aliphatic hydroxyl groups excluding tert-OH is 2. The number of nitrogens with one attached hydrogen (secondary N) is 2. The lowest BCUT2D eigenvalue weighted by molar-refractivity contribution is -0.133. The summed E-state index contributed by atoms with van der Waals surface area (Å²) in [5.41, 5.74) is 1.69. The Morgan fingerprint density at radius 3 is 2.45 bits per heavy atom. The molecule has 2 aliphatic rings. The minimum absolute atomic E-state index is 0.00971. The fourth-order valence-corrected chi connectivity index (χ4v) is 7.44. The first-order valence-corrected chi connectivity index (χ1v) is 18.5. The molecule has 2 aliphatic heterocycles. The van der Waals surface area contributed by atoms with E-state index in [0.29, 0.717) is 42.3 Å². The van der Waals surface area contributed by atoms with Crippen LogP contribution in [0.5, 0.6) is 5.75 Å². The molecule has 0 aliphatic carbocycles. The number of halogens is 3. The number of hydrogen-bond acceptors (Lipinski definition) is 10. The first kappa shape index (κ1) is 40.1. The Hall–Kier alpha value is -4.60. The van der Waals surface area contributed by atoms with Crippen molar-refractivity contribution < 1.29 is 42.1 Å². The van der Waals surface area contributed by atoms with Crippen molar-refractivity contribution in [3.05, 3.63) is 108 Å². The molecule has 5 atom stereocenters. The number of aromatic nitrogens is 1. The van der Waals surface area contributed by atoms with Crippen LogP contribution in [0.1, 0.15) is 43.2 Å². The molecule has 2 aromatic heterocycles. The molecule has 55 heavy (non-hydrogen) atoms. The summed E-state index contributed by atoms with van der Waals surface area (Å²) in [4.78, 5) is 35.6. The number of piperazine rings is 1. The number of carbonyl (C=O) groups excluding carboxylic acids is 2. The van der Waals surface area contributed by atoms with Crippen molar-refractivity contribution in [3.8, 4) is 17.1 Å². The van der Waals surface area contributed by atoms with E-state index in [1.54, 1.807) is 35.5 Å². The molecular formula is C41H48F3N5O6. The highest BCUT2D eigenvalue weighted by molar-refractivity contribution is 5.86. The van der Waals surface area contributed by atoms with Crippen LogP contribution >= 0.6 is 0 Å². The number of pyridine rings is 1. The largest absolute Gasteiger partial charge is 0.490 e. The van der Waals surface area contributed by atoms with Crippen LogP contribution in [0.3, 0.4) is 0 Å². The molecule has 0 spiro atoms. The summed E-state index contributed by atoms with van der Waals surface area (Å²) in [5.74, 6) is 0.364. The predicted molar refractivity (Wildman–Crippen MR) is 199 cm³/mol. The summed E-state index contributed by atoms with van der Waals surface area (Å²) in [7, 11) is 0. The highest BCUT2D eigenvalue weighted by atomic mass is 19.4. The van der Waals surface area contributed by atoms with E-state index in [-0.39, 0.29) is 32.0 Å². The molecule has 294 valence electrons. The maximum absolute atomic E-state index is 14.0. The van der Waals surface area contributed by atoms with E-state index in [1.165, 1.54) is 0 Å². The van der Waals surface area contributed by atoms with Crippen LogP contribution in [0.4, 0.5) is 13.2 Å². The Kier molecular flexibility index (Phi) is 12.7. The minimum Gasteiger partial charge on any atom is -0.490 e. The van der Waals surface area contributed by atoms with Gasteiger partial charge in [0.2, 0.25) is 5.91 Å². The number of aliphatic hydroxyl groups is 2. The average molecular weight is 764 g/mol. The van der Waals surface area contributed by atoms with Gasteiger partial charge in [-0.2, -0.15) is 13.2 Å². The molecule has 0 radical (unpaired) electrons. The standard InChI is InChI=1S/C41H48F3N5O6/c1-40(2,37-13-12-35(55-37)28-14-16-45-17-15-28)49-19-18-48(32(24-49)33(51)22-46-26-41(42,43)44)23-30(50)21-29(20-27-8-4-3-5-9-27)39(53)47-38-31-10-6-7-11-36(31)54-25-34(38)52/h3-17,29-30,32,34,38,46,50,52H,18-26H2,1-2H3,(H,47,53)/t29-,30+,32+,34-,38+/m1/s1. The van der Waals surface area contributed by atoms with E-state index in [2.05, 4.69) is 20.5 Å². The molecule has 0 saturated carbocycles. The third kappa shape index (κ3) is 10.2. The van der Waals surface area contributed by atoms with Gasteiger partial charge in [0.05, 0.1) is 36.8 Å². The Morgan fingerprint density at radius 2 is 1.71 bits per heavy atom. The van der Waals surface area contributed by atoms with Crippen molar-refractivity contribution in [1.29, 1.82) is 0 Å². The van der Waals surface area contributed by atoms with Crippen LogP contribution in [0.2, 0.25) is 0 Å². The minimum atomic E-state index is -4.49. The highest BCUT2D eigenvalue weighted by Crippen LogP contribution is 2.35. The number of nitrogens with zero attached hydrogens (tertiary/aromatic N) is 3. The molecule has 4 N–H and O–H groups in total. The van der Waals surface area contributed by atoms with Gasteiger partial charge in [-0.25, -0.2) is 0 Å². The Morgan fingerprint density at radius 1 is 0.982 bits per heavy atom. The molecule has 4 heterocycles. The number of Topliss-reactive ketones (excluding diaryl/α,β-unsaturated/α-hetero) is 1. The number of hydrogen-bond donors (Lipinski definition) is 4. The van der Waals surface area contributed by atoms with E-state index in [0.717, 1.165) is 11.1 Å². The fourth-order valence-electron chi connectivity index (χ4n) is 7.44. The van der Waals surface area contributed by atoms with Crippen molar-refractivity contribution in [2.75, 3.05) is 45.9 Å². The van der Waals surface area contributed by atoms with Crippen molar-refractivity contribution in [3.63, 3.8) is 0 Å². The van der Waals surface area contributed by atoms with Gasteiger partial charge in [0.1, 0.15) is 30.0 Å². The Balaban J connectivity index is 1.18. The number of carbonyl (C=O) groups is 2. The third-order valence-electron chi connectivity index (χ3n) is 10.5. The fraction of sp³-hybridized carbons (Fsp3) is 0.439. The number of amides is 1. The summed E-state index contributed by atoms with van der Waals surface area (Å²) in [6.07, 6.45) is -2.86. The van der Waals surface area contributed by atoms with E-state index < -0.39 is 60.8 Å². The molecule has 4 aromatic rings. The lowest BCUT2D eigenvalue weighted by Gasteiger charge is -2.47. The number of ether oxygens (including phenoxy) is 1. The number of β-amino-alcohol motifs (C(OH)–C–C–N with tert-alkyl or cyclic N) is 1. The molecule has 14 heteroatoms. The Bertz CT molecular complexity index is 1870. The second-order valence-corrected chi connectivity index (χ2v) is 14.8. The average Bonchev–Trinajstić information content (AvgIpc) is 3.68. The molecule has 11 nitrogen and oxygen atoms in total. The van der Waals surface area contributed by atoms with Crippen LogP contribution in [-0.2, 0) is 21.5 Å². The first-order chi connectivity index (χ1) is 26.3. The molecule has 6 rings (SSSR count). The van der Waals surface area contributed by atoms with Gasteiger partial charge < -0.3 is 30.0 Å². The lowest BCUT2D eigenvalue weighted by atomic mass is 9.90. The van der Waals surface area contributed by atoms with Gasteiger partial charge in [0.25, 0.3) is 0 Å². The van der Waals surface area contributed by atoms with E-state index in [9.17, 15) is 33.0 Å². The SMILES string of the molecule is CC(C)(c1ccc(-c2ccncc2)o1)N1CCN(C[C@@H](O)C[C@@H](Cc2ccccc2)C(=O)N[C@H]2c3ccccc3OC[C@H]2O)[C@H](C(=O)CNCC(F)(F)F)C1. The van der Waals surface area contributed by atoms with Crippen molar-refractivity contribution in [2.45, 2.75) is 62.7 Å². The second kappa shape index (κ2) is 17.5. The zero-order valence-corrected chi connectivity index (χ0v) is 30.9. The number of furan rings is 1. The summed E-state index contributed by atoms with van der Waals surface area (Å²) in [5, 5.41) is 27.7. The van der Waals surface area contributed by atoms with Crippen molar-refractivity contribution in [1.82, 2.24) is 25.4 Å². The first-order valence-electron chi connectivity index (χ1n) is 18.5. The van der Waals surface area contributed by atoms with Crippen LogP contribution in [0, 0.1) is 5.92 Å². The van der Waals surface area contributed by atoms with Crippen LogP contribution < -0.4 is 15.4 Å². The van der Waals surface area contributed by atoms with Gasteiger partial charge in [0.15, 0.2) is 5.78 Å². The van der Waals surface area contributed by atoms with E-state index in [1.807, 2.05) is 74.5 Å². The van der Waals surface area contributed by atoms with Gasteiger partial charge >= 0.3 is 6.18 Å². The number of alkyl halides is 3. The molecule has 0 unspecified atom stereocenters. The van der Waals surface area contributed by atoms with E-state index in [4.69, 9.17) is 9.15 Å². The molecular weight excluding hydrogens is 715 g/mol. The summed E-state index contributed by atoms with van der Waals surface area (Å²) < 4.78 is 51.0. The highest BCUT2D eigenvalue weighted by Gasteiger charge is 2.41. The normalized spacial score (nSPS) is 20.6. The van der Waals surface area contributed by atoms with Gasteiger partial charge in [-0.1, -0.05) is 48.5 Å². The van der Waals surface area contributed by atoms with Gasteiger partial charge in [-0.3, -0.25) is 24.4 Å². The third-order valence-corrected chi connectivity index (χ3v) is 10.5. The zero-order valence-electron chi connectivity index (χ0n) is 30.9.